The van der Waals surface area contributed by atoms with Crippen molar-refractivity contribution in [2.75, 3.05) is 30.4 Å². The van der Waals surface area contributed by atoms with Gasteiger partial charge in [-0.05, 0) is 48.4 Å². The molecule has 0 spiro atoms. The van der Waals surface area contributed by atoms with Gasteiger partial charge in [0.2, 0.25) is 11.9 Å². The zero-order valence-electron chi connectivity index (χ0n) is 19.1. The van der Waals surface area contributed by atoms with Crippen LogP contribution in [0.25, 0.3) is 11.0 Å². The Labute approximate surface area is 201 Å². The van der Waals surface area contributed by atoms with E-state index in [-0.39, 0.29) is 18.3 Å². The number of aryl methyl sites for hydroxylation is 1. The molecular weight excluding hydrogens is 451 g/mol. The first kappa shape index (κ1) is 22.6. The van der Waals surface area contributed by atoms with Gasteiger partial charge in [-0.2, -0.15) is 0 Å². The highest BCUT2D eigenvalue weighted by Gasteiger charge is 2.21. The van der Waals surface area contributed by atoms with E-state index in [1.165, 1.54) is 6.07 Å². The number of nitrogens with zero attached hydrogens (tertiary/aromatic N) is 3. The second kappa shape index (κ2) is 9.59. The minimum absolute atomic E-state index is 0.0178. The zero-order chi connectivity index (χ0) is 24.4. The molecule has 5 rings (SSSR count). The van der Waals surface area contributed by atoms with Crippen LogP contribution >= 0.6 is 0 Å². The molecule has 1 fully saturated rings. The number of benzene rings is 2. The standard InChI is InChI=1S/C25H25FN6O3/c1-32-22-5-3-17(35-18-6-8-28-24(12-18)29-13-23(27)33)11-21(22)31-25(32)30-16-2-4-20(26)19(10-16)15-7-9-34-14-15/h2-6,8,10-12,15H,7,9,13-14H2,1H3,(H2,27,33)(H,28,29)(H,30,31)/t15-/m0/s1. The molecule has 3 heterocycles. The highest BCUT2D eigenvalue weighted by Crippen LogP contribution is 2.32. The molecule has 0 saturated carbocycles. The number of nitrogens with one attached hydrogen (secondary N) is 2. The fourth-order valence-electron chi connectivity index (χ4n) is 4.08. The van der Waals surface area contributed by atoms with Crippen LogP contribution in [0.1, 0.15) is 17.9 Å². The molecule has 1 aliphatic rings. The topological polar surface area (TPSA) is 116 Å². The van der Waals surface area contributed by atoms with E-state index in [1.807, 2.05) is 35.9 Å². The van der Waals surface area contributed by atoms with E-state index < -0.39 is 5.91 Å². The van der Waals surface area contributed by atoms with Crippen LogP contribution < -0.4 is 21.1 Å². The van der Waals surface area contributed by atoms with Crippen LogP contribution in [0.5, 0.6) is 11.5 Å². The smallest absolute Gasteiger partial charge is 0.236 e. The largest absolute Gasteiger partial charge is 0.457 e. The number of halogens is 1. The summed E-state index contributed by atoms with van der Waals surface area (Å²) >= 11 is 0. The van der Waals surface area contributed by atoms with Crippen molar-refractivity contribution >= 4 is 34.4 Å². The number of aromatic nitrogens is 3. The molecular formula is C25H25FN6O3. The average molecular weight is 477 g/mol. The van der Waals surface area contributed by atoms with E-state index in [4.69, 9.17) is 20.2 Å². The molecule has 2 aromatic heterocycles. The van der Waals surface area contributed by atoms with E-state index in [2.05, 4.69) is 15.6 Å². The Bertz CT molecular complexity index is 1380. The molecule has 2 aromatic carbocycles. The SMILES string of the molecule is Cn1c(Nc2ccc(F)c([C@H]3CCOC3)c2)nc2cc(Oc3ccnc(NCC(N)=O)c3)ccc21. The van der Waals surface area contributed by atoms with Crippen LogP contribution in [-0.2, 0) is 16.6 Å². The van der Waals surface area contributed by atoms with E-state index in [0.717, 1.165) is 23.1 Å². The number of nitrogens with two attached hydrogens (primary N) is 1. The molecule has 1 amide bonds. The summed E-state index contributed by atoms with van der Waals surface area (Å²) in [6.45, 7) is 1.17. The lowest BCUT2D eigenvalue weighted by Crippen LogP contribution is -2.22. The summed E-state index contributed by atoms with van der Waals surface area (Å²) in [7, 11) is 1.91. The Morgan fingerprint density at radius 2 is 2.09 bits per heavy atom. The minimum Gasteiger partial charge on any atom is -0.457 e. The first-order chi connectivity index (χ1) is 17.0. The Morgan fingerprint density at radius 3 is 2.89 bits per heavy atom. The molecule has 0 radical (unpaired) electrons. The van der Waals surface area contributed by atoms with Crippen LogP contribution in [0.2, 0.25) is 0 Å². The van der Waals surface area contributed by atoms with Gasteiger partial charge in [0, 0.05) is 43.6 Å². The lowest BCUT2D eigenvalue weighted by Gasteiger charge is -2.13. The molecule has 10 heteroatoms. The number of carbonyl (C=O) groups is 1. The Morgan fingerprint density at radius 1 is 1.23 bits per heavy atom. The molecule has 0 bridgehead atoms. The number of hydrogen-bond acceptors (Lipinski definition) is 7. The summed E-state index contributed by atoms with van der Waals surface area (Å²) in [6.07, 6.45) is 2.39. The highest BCUT2D eigenvalue weighted by molar-refractivity contribution is 5.81. The molecule has 4 aromatic rings. The van der Waals surface area contributed by atoms with Gasteiger partial charge in [0.15, 0.2) is 0 Å². The average Bonchev–Trinajstić information content (AvgIpc) is 3.48. The van der Waals surface area contributed by atoms with Crippen LogP contribution in [0.4, 0.5) is 21.8 Å². The number of pyridine rings is 1. The fraction of sp³-hybridized carbons (Fsp3) is 0.240. The summed E-state index contributed by atoms with van der Waals surface area (Å²) < 4.78 is 27.7. The minimum atomic E-state index is -0.479. The summed E-state index contributed by atoms with van der Waals surface area (Å²) in [6, 6.07) is 14.0. The number of amides is 1. The van der Waals surface area contributed by atoms with Crippen LogP contribution in [0.3, 0.4) is 0 Å². The molecule has 1 aliphatic heterocycles. The number of hydrogen-bond donors (Lipinski definition) is 3. The maximum Gasteiger partial charge on any atom is 0.236 e. The van der Waals surface area contributed by atoms with Crippen LogP contribution in [0.15, 0.2) is 54.7 Å². The molecule has 1 atom stereocenters. The third-order valence-corrected chi connectivity index (χ3v) is 5.88. The van der Waals surface area contributed by atoms with Crippen LogP contribution in [0, 0.1) is 5.82 Å². The van der Waals surface area contributed by atoms with Crippen molar-refractivity contribution in [3.05, 3.63) is 66.1 Å². The Balaban J connectivity index is 1.35. The van der Waals surface area contributed by atoms with Gasteiger partial charge in [-0.15, -0.1) is 0 Å². The van der Waals surface area contributed by atoms with Gasteiger partial charge in [0.1, 0.15) is 23.1 Å². The third kappa shape index (κ3) is 5.02. The third-order valence-electron chi connectivity index (χ3n) is 5.88. The summed E-state index contributed by atoms with van der Waals surface area (Å²) in [5, 5.41) is 6.14. The summed E-state index contributed by atoms with van der Waals surface area (Å²) in [5.74, 6) is 1.62. The highest BCUT2D eigenvalue weighted by atomic mass is 19.1. The second-order valence-corrected chi connectivity index (χ2v) is 8.37. The van der Waals surface area contributed by atoms with Crippen molar-refractivity contribution in [1.82, 2.24) is 14.5 Å². The number of rotatable bonds is 8. The Hall–Kier alpha value is -4.18. The molecule has 9 nitrogen and oxygen atoms in total. The monoisotopic (exact) mass is 476 g/mol. The van der Waals surface area contributed by atoms with E-state index in [9.17, 15) is 9.18 Å². The van der Waals surface area contributed by atoms with Gasteiger partial charge in [-0.1, -0.05) is 0 Å². The zero-order valence-corrected chi connectivity index (χ0v) is 19.1. The fourth-order valence-corrected chi connectivity index (χ4v) is 4.08. The van der Waals surface area contributed by atoms with Crippen molar-refractivity contribution in [3.63, 3.8) is 0 Å². The van der Waals surface area contributed by atoms with Crippen LogP contribution in [-0.4, -0.2) is 40.2 Å². The predicted octanol–water partition coefficient (Wildman–Crippen LogP) is 4.04. The van der Waals surface area contributed by atoms with Gasteiger partial charge >= 0.3 is 0 Å². The second-order valence-electron chi connectivity index (χ2n) is 8.37. The Kier molecular flexibility index (Phi) is 6.19. The number of carbonyl (C=O) groups excluding carboxylic acids is 1. The van der Waals surface area contributed by atoms with Crippen molar-refractivity contribution in [2.45, 2.75) is 12.3 Å². The molecule has 4 N–H and O–H groups in total. The number of ether oxygens (including phenoxy) is 2. The van der Waals surface area contributed by atoms with Gasteiger partial charge in [0.25, 0.3) is 0 Å². The maximum atomic E-state index is 14.4. The number of anilines is 3. The number of fused-ring (bicyclic) bond motifs is 1. The van der Waals surface area contributed by atoms with Crippen molar-refractivity contribution in [2.24, 2.45) is 12.8 Å². The summed E-state index contributed by atoms with van der Waals surface area (Å²) in [5.41, 5.74) is 8.22. The molecule has 180 valence electrons. The van der Waals surface area contributed by atoms with Crippen molar-refractivity contribution in [1.29, 1.82) is 0 Å². The van der Waals surface area contributed by atoms with Gasteiger partial charge < -0.3 is 30.4 Å². The maximum absolute atomic E-state index is 14.4. The van der Waals surface area contributed by atoms with Crippen molar-refractivity contribution < 1.29 is 18.7 Å². The van der Waals surface area contributed by atoms with E-state index in [0.29, 0.717) is 42.0 Å². The van der Waals surface area contributed by atoms with Gasteiger partial charge in [0.05, 0.1) is 24.2 Å². The first-order valence-electron chi connectivity index (χ1n) is 11.2. The summed E-state index contributed by atoms with van der Waals surface area (Å²) in [4.78, 5) is 19.8. The van der Waals surface area contributed by atoms with E-state index in [1.54, 1.807) is 24.4 Å². The molecule has 1 saturated heterocycles. The predicted molar refractivity (Wildman–Crippen MR) is 131 cm³/mol. The molecule has 0 aliphatic carbocycles. The first-order valence-corrected chi connectivity index (χ1v) is 11.2. The lowest BCUT2D eigenvalue weighted by molar-refractivity contribution is -0.116. The van der Waals surface area contributed by atoms with Gasteiger partial charge in [-0.3, -0.25) is 4.79 Å². The quantitative estimate of drug-likeness (QED) is 0.351. The molecule has 35 heavy (non-hydrogen) atoms. The lowest BCUT2D eigenvalue weighted by atomic mass is 9.97. The van der Waals surface area contributed by atoms with Gasteiger partial charge in [-0.25, -0.2) is 14.4 Å². The number of imidazole rings is 1. The molecule has 0 unspecified atom stereocenters. The normalized spacial score (nSPS) is 15.3. The van der Waals surface area contributed by atoms with E-state index >= 15 is 0 Å². The van der Waals surface area contributed by atoms with Crippen molar-refractivity contribution in [3.8, 4) is 11.5 Å². The number of primary amides is 1.